The molecule has 1 heterocycles. The van der Waals surface area contributed by atoms with E-state index in [-0.39, 0.29) is 5.78 Å². The van der Waals surface area contributed by atoms with Crippen molar-refractivity contribution in [1.82, 2.24) is 0 Å². The summed E-state index contributed by atoms with van der Waals surface area (Å²) in [7, 11) is 0. The number of hydrogen-bond acceptors (Lipinski definition) is 3. The highest BCUT2D eigenvalue weighted by Crippen LogP contribution is 2.31. The number of benzene rings is 3. The molecular formula is C21H13NO3. The Bertz CT molecular complexity index is 973. The van der Waals surface area contributed by atoms with E-state index in [0.29, 0.717) is 27.9 Å². The van der Waals surface area contributed by atoms with Crippen LogP contribution in [0.25, 0.3) is 0 Å². The first-order valence-electron chi connectivity index (χ1n) is 7.85. The Balaban J connectivity index is 1.82. The van der Waals surface area contributed by atoms with E-state index in [1.807, 2.05) is 6.07 Å². The molecule has 3 aromatic rings. The zero-order chi connectivity index (χ0) is 17.4. The maximum atomic E-state index is 12.9. The number of nitrogens with zero attached hydrogens (tertiary/aromatic N) is 1. The Kier molecular flexibility index (Phi) is 3.51. The second kappa shape index (κ2) is 5.83. The first-order chi connectivity index (χ1) is 12.2. The standard InChI is InChI=1S/C21H13NO3/c23-19(14-8-2-1-3-9-14)17-12-6-7-13-18(17)22-20(24)15-10-4-5-11-16(15)21(22)25/h1-13H. The lowest BCUT2D eigenvalue weighted by Gasteiger charge is -2.17. The summed E-state index contributed by atoms with van der Waals surface area (Å²) in [6.45, 7) is 0. The molecule has 0 radical (unpaired) electrons. The normalized spacial score (nSPS) is 13.0. The predicted molar refractivity (Wildman–Crippen MR) is 93.9 cm³/mol. The fourth-order valence-electron chi connectivity index (χ4n) is 3.01. The molecule has 1 aliphatic heterocycles. The minimum absolute atomic E-state index is 0.229. The number of fused-ring (bicyclic) bond motifs is 1. The lowest BCUT2D eigenvalue weighted by Crippen LogP contribution is -2.31. The number of carbonyl (C=O) groups excluding carboxylic acids is 3. The van der Waals surface area contributed by atoms with Crippen LogP contribution in [0.15, 0.2) is 78.9 Å². The summed E-state index contributed by atoms with van der Waals surface area (Å²) < 4.78 is 0. The molecule has 4 nitrogen and oxygen atoms in total. The average molecular weight is 327 g/mol. The van der Waals surface area contributed by atoms with Gasteiger partial charge in [-0.2, -0.15) is 0 Å². The van der Waals surface area contributed by atoms with Crippen LogP contribution in [-0.4, -0.2) is 17.6 Å². The highest BCUT2D eigenvalue weighted by molar-refractivity contribution is 6.35. The van der Waals surface area contributed by atoms with Gasteiger partial charge in [0.05, 0.1) is 16.8 Å². The topological polar surface area (TPSA) is 54.5 Å². The fourth-order valence-corrected chi connectivity index (χ4v) is 3.01. The minimum Gasteiger partial charge on any atom is -0.289 e. The first-order valence-corrected chi connectivity index (χ1v) is 7.85. The number of rotatable bonds is 3. The van der Waals surface area contributed by atoms with Crippen LogP contribution < -0.4 is 4.90 Å². The van der Waals surface area contributed by atoms with E-state index in [1.54, 1.807) is 72.8 Å². The molecule has 1 aliphatic rings. The van der Waals surface area contributed by atoms with E-state index in [2.05, 4.69) is 0 Å². The van der Waals surface area contributed by atoms with Crippen LogP contribution in [0.4, 0.5) is 5.69 Å². The molecule has 0 saturated carbocycles. The van der Waals surface area contributed by atoms with Crippen LogP contribution in [0.3, 0.4) is 0 Å². The number of imide groups is 1. The van der Waals surface area contributed by atoms with Crippen molar-refractivity contribution in [2.24, 2.45) is 0 Å². The Labute approximate surface area is 144 Å². The van der Waals surface area contributed by atoms with Crippen molar-refractivity contribution in [2.75, 3.05) is 4.90 Å². The first kappa shape index (κ1) is 15.0. The molecule has 0 fully saturated rings. The van der Waals surface area contributed by atoms with Crippen molar-refractivity contribution in [2.45, 2.75) is 0 Å². The third kappa shape index (κ3) is 2.35. The second-order valence-corrected chi connectivity index (χ2v) is 5.70. The highest BCUT2D eigenvalue weighted by atomic mass is 16.2. The molecule has 0 aliphatic carbocycles. The van der Waals surface area contributed by atoms with E-state index in [0.717, 1.165) is 4.90 Å². The number of ketones is 1. The van der Waals surface area contributed by atoms with Gasteiger partial charge in [0.25, 0.3) is 11.8 Å². The third-order valence-corrected chi connectivity index (χ3v) is 4.22. The maximum absolute atomic E-state index is 12.9. The molecule has 0 N–H and O–H groups in total. The minimum atomic E-state index is -0.408. The van der Waals surface area contributed by atoms with E-state index >= 15 is 0 Å². The van der Waals surface area contributed by atoms with Gasteiger partial charge < -0.3 is 0 Å². The van der Waals surface area contributed by atoms with Gasteiger partial charge in [0, 0.05) is 11.1 Å². The van der Waals surface area contributed by atoms with Gasteiger partial charge in [0.2, 0.25) is 0 Å². The molecule has 0 bridgehead atoms. The van der Waals surface area contributed by atoms with Gasteiger partial charge in [-0.15, -0.1) is 0 Å². The molecule has 2 amide bonds. The summed E-state index contributed by atoms with van der Waals surface area (Å²) in [6, 6.07) is 22.2. The molecule has 0 atom stereocenters. The molecule has 0 unspecified atom stereocenters. The Hall–Kier alpha value is -3.53. The van der Waals surface area contributed by atoms with Crippen LogP contribution in [0.1, 0.15) is 36.6 Å². The van der Waals surface area contributed by atoms with Crippen LogP contribution in [0.2, 0.25) is 0 Å². The number of para-hydroxylation sites is 1. The summed E-state index contributed by atoms with van der Waals surface area (Å²) >= 11 is 0. The summed E-state index contributed by atoms with van der Waals surface area (Å²) in [5, 5.41) is 0. The smallest absolute Gasteiger partial charge is 0.266 e. The fraction of sp³-hybridized carbons (Fsp3) is 0. The molecule has 0 aromatic heterocycles. The van der Waals surface area contributed by atoms with Gasteiger partial charge in [-0.1, -0.05) is 54.6 Å². The molecule has 0 saturated heterocycles. The molecule has 25 heavy (non-hydrogen) atoms. The van der Waals surface area contributed by atoms with Gasteiger partial charge in [0.15, 0.2) is 5.78 Å². The van der Waals surface area contributed by atoms with Crippen molar-refractivity contribution in [3.8, 4) is 0 Å². The summed E-state index contributed by atoms with van der Waals surface area (Å²) in [6.07, 6.45) is 0. The van der Waals surface area contributed by atoms with E-state index < -0.39 is 11.8 Å². The van der Waals surface area contributed by atoms with Crippen molar-refractivity contribution in [3.63, 3.8) is 0 Å². The second-order valence-electron chi connectivity index (χ2n) is 5.70. The van der Waals surface area contributed by atoms with E-state index in [4.69, 9.17) is 0 Å². The molecule has 120 valence electrons. The average Bonchev–Trinajstić information content (AvgIpc) is 2.93. The molecule has 3 aromatic carbocycles. The zero-order valence-electron chi connectivity index (χ0n) is 13.2. The SMILES string of the molecule is O=C(c1ccccc1)c1ccccc1N1C(=O)c2ccccc2C1=O. The lowest BCUT2D eigenvalue weighted by atomic mass is 10.0. The van der Waals surface area contributed by atoms with Gasteiger partial charge in [-0.05, 0) is 24.3 Å². The zero-order valence-corrected chi connectivity index (χ0v) is 13.2. The van der Waals surface area contributed by atoms with Crippen LogP contribution in [0.5, 0.6) is 0 Å². The number of carbonyl (C=O) groups is 3. The highest BCUT2D eigenvalue weighted by Gasteiger charge is 2.37. The number of amides is 2. The predicted octanol–water partition coefficient (Wildman–Crippen LogP) is 3.72. The Morgan fingerprint density at radius 2 is 1.16 bits per heavy atom. The van der Waals surface area contributed by atoms with Crippen molar-refractivity contribution >= 4 is 23.3 Å². The lowest BCUT2D eigenvalue weighted by molar-refractivity contribution is 0.0926. The van der Waals surface area contributed by atoms with Crippen molar-refractivity contribution in [3.05, 3.63) is 101 Å². The van der Waals surface area contributed by atoms with Gasteiger partial charge in [0.1, 0.15) is 0 Å². The van der Waals surface area contributed by atoms with Crippen molar-refractivity contribution < 1.29 is 14.4 Å². The van der Waals surface area contributed by atoms with Gasteiger partial charge >= 0.3 is 0 Å². The maximum Gasteiger partial charge on any atom is 0.266 e. The Morgan fingerprint density at radius 3 is 1.80 bits per heavy atom. The summed E-state index contributed by atoms with van der Waals surface area (Å²) in [5.74, 6) is -1.05. The summed E-state index contributed by atoms with van der Waals surface area (Å²) in [4.78, 5) is 39.4. The number of anilines is 1. The van der Waals surface area contributed by atoms with Crippen LogP contribution in [-0.2, 0) is 0 Å². The largest absolute Gasteiger partial charge is 0.289 e. The Morgan fingerprint density at radius 1 is 0.640 bits per heavy atom. The van der Waals surface area contributed by atoms with E-state index in [1.165, 1.54) is 0 Å². The van der Waals surface area contributed by atoms with Crippen molar-refractivity contribution in [1.29, 1.82) is 0 Å². The molecule has 4 heteroatoms. The van der Waals surface area contributed by atoms with E-state index in [9.17, 15) is 14.4 Å². The van der Waals surface area contributed by atoms with Crippen LogP contribution in [0, 0.1) is 0 Å². The van der Waals surface area contributed by atoms with Crippen LogP contribution >= 0.6 is 0 Å². The molecule has 0 spiro atoms. The molecule has 4 rings (SSSR count). The molecular weight excluding hydrogens is 314 g/mol. The van der Waals surface area contributed by atoms with Gasteiger partial charge in [-0.25, -0.2) is 4.90 Å². The quantitative estimate of drug-likeness (QED) is 0.544. The number of hydrogen-bond donors (Lipinski definition) is 0. The summed E-state index contributed by atoms with van der Waals surface area (Å²) in [5.41, 5.74) is 1.85. The van der Waals surface area contributed by atoms with Gasteiger partial charge in [-0.3, -0.25) is 14.4 Å². The monoisotopic (exact) mass is 327 g/mol. The third-order valence-electron chi connectivity index (χ3n) is 4.22.